The average Bonchev–Trinajstić information content (AvgIpc) is 2.63. The Balaban J connectivity index is 2.31. The normalized spacial score (nSPS) is 19.0. The molecule has 2 N–H and O–H groups in total. The van der Waals surface area contributed by atoms with Crippen molar-refractivity contribution in [3.05, 3.63) is 29.7 Å². The largest absolute Gasteiger partial charge is 0.362 e. The molecule has 0 fully saturated rings. The summed E-state index contributed by atoms with van der Waals surface area (Å²) in [5.41, 5.74) is 1.32. The number of rotatable bonds is 1. The minimum atomic E-state index is -0.146. The monoisotopic (exact) mass is 175 g/mol. The van der Waals surface area contributed by atoms with Crippen LogP contribution in [0, 0.1) is 0 Å². The van der Waals surface area contributed by atoms with Crippen molar-refractivity contribution in [2.45, 2.75) is 6.92 Å². The van der Waals surface area contributed by atoms with Crippen LogP contribution in [0.1, 0.15) is 12.6 Å². The van der Waals surface area contributed by atoms with E-state index in [1.807, 2.05) is 12.1 Å². The van der Waals surface area contributed by atoms with Gasteiger partial charge in [-0.15, -0.1) is 0 Å². The van der Waals surface area contributed by atoms with Crippen LogP contribution in [0.25, 0.3) is 6.08 Å². The summed E-state index contributed by atoms with van der Waals surface area (Å²) in [6, 6.07) is 3.75. The van der Waals surface area contributed by atoms with E-state index in [4.69, 9.17) is 0 Å². The highest BCUT2D eigenvalue weighted by Crippen LogP contribution is 2.09. The van der Waals surface area contributed by atoms with E-state index in [0.717, 1.165) is 5.69 Å². The zero-order chi connectivity index (χ0) is 9.26. The molecular weight excluding hydrogens is 166 g/mol. The molecule has 13 heavy (non-hydrogen) atoms. The van der Waals surface area contributed by atoms with Crippen molar-refractivity contribution in [3.8, 4) is 0 Å². The Morgan fingerprint density at radius 2 is 2.38 bits per heavy atom. The first-order valence-corrected chi connectivity index (χ1v) is 3.97. The number of hydrogen-bond donors (Lipinski definition) is 2. The van der Waals surface area contributed by atoms with Crippen LogP contribution in [0.5, 0.6) is 0 Å². The number of aromatic nitrogens is 1. The Kier molecular flexibility index (Phi) is 1.73. The summed E-state index contributed by atoms with van der Waals surface area (Å²) in [4.78, 5) is 18.2. The van der Waals surface area contributed by atoms with E-state index in [0.29, 0.717) is 11.5 Å². The van der Waals surface area contributed by atoms with Crippen molar-refractivity contribution in [1.82, 2.24) is 10.3 Å². The lowest BCUT2D eigenvalue weighted by Gasteiger charge is -1.89. The molecule has 0 saturated carbocycles. The maximum Gasteiger partial charge on any atom is 0.275 e. The molecular formula is C9H9N3O. The summed E-state index contributed by atoms with van der Waals surface area (Å²) < 4.78 is 0. The third-order valence-electron chi connectivity index (χ3n) is 1.73. The van der Waals surface area contributed by atoms with E-state index >= 15 is 0 Å². The molecule has 0 saturated heterocycles. The Morgan fingerprint density at radius 1 is 1.54 bits per heavy atom. The van der Waals surface area contributed by atoms with Gasteiger partial charge in [0.2, 0.25) is 0 Å². The molecule has 66 valence electrons. The molecule has 0 aromatic carbocycles. The smallest absolute Gasteiger partial charge is 0.275 e. The molecule has 0 spiro atoms. The van der Waals surface area contributed by atoms with Crippen molar-refractivity contribution in [1.29, 1.82) is 0 Å². The SMILES string of the molecule is CC1=N/C(=C\c2ccc[nH]2)C(=O)N1. The van der Waals surface area contributed by atoms with Gasteiger partial charge in [-0.05, 0) is 25.1 Å². The van der Waals surface area contributed by atoms with Crippen LogP contribution in [-0.4, -0.2) is 16.7 Å². The van der Waals surface area contributed by atoms with Crippen LogP contribution >= 0.6 is 0 Å². The molecule has 2 heterocycles. The standard InChI is InChI=1S/C9H9N3O/c1-6-11-8(9(13)12-6)5-7-3-2-4-10-7/h2-5,10H,1H3,(H,11,12,13)/b8-5-. The number of amidine groups is 1. The van der Waals surface area contributed by atoms with Crippen molar-refractivity contribution in [2.75, 3.05) is 0 Å². The first kappa shape index (κ1) is 7.79. The summed E-state index contributed by atoms with van der Waals surface area (Å²) in [5, 5.41) is 2.61. The zero-order valence-electron chi connectivity index (χ0n) is 7.16. The number of H-pyrrole nitrogens is 1. The van der Waals surface area contributed by atoms with Crippen LogP contribution in [-0.2, 0) is 4.79 Å². The Labute approximate surface area is 75.4 Å². The fourth-order valence-corrected chi connectivity index (χ4v) is 1.17. The fraction of sp³-hybridized carbons (Fsp3) is 0.111. The third-order valence-corrected chi connectivity index (χ3v) is 1.73. The average molecular weight is 175 g/mol. The van der Waals surface area contributed by atoms with E-state index < -0.39 is 0 Å². The first-order chi connectivity index (χ1) is 6.25. The van der Waals surface area contributed by atoms with Gasteiger partial charge in [0.15, 0.2) is 0 Å². The summed E-state index contributed by atoms with van der Waals surface area (Å²) in [6.07, 6.45) is 3.52. The number of carbonyl (C=O) groups excluding carboxylic acids is 1. The van der Waals surface area contributed by atoms with Gasteiger partial charge in [-0.3, -0.25) is 4.79 Å². The van der Waals surface area contributed by atoms with E-state index in [-0.39, 0.29) is 5.91 Å². The van der Waals surface area contributed by atoms with Gasteiger partial charge in [0.1, 0.15) is 11.5 Å². The predicted octanol–water partition coefficient (Wildman–Crippen LogP) is 0.904. The van der Waals surface area contributed by atoms with E-state index in [2.05, 4.69) is 15.3 Å². The van der Waals surface area contributed by atoms with Gasteiger partial charge in [-0.1, -0.05) is 0 Å². The molecule has 2 rings (SSSR count). The van der Waals surface area contributed by atoms with Crippen LogP contribution in [0.4, 0.5) is 0 Å². The highest BCUT2D eigenvalue weighted by Gasteiger charge is 2.16. The lowest BCUT2D eigenvalue weighted by Crippen LogP contribution is -2.21. The minimum absolute atomic E-state index is 0.146. The molecule has 1 aliphatic heterocycles. The quantitative estimate of drug-likeness (QED) is 0.612. The first-order valence-electron chi connectivity index (χ1n) is 3.97. The van der Waals surface area contributed by atoms with Crippen molar-refractivity contribution in [3.63, 3.8) is 0 Å². The highest BCUT2D eigenvalue weighted by atomic mass is 16.2. The van der Waals surface area contributed by atoms with E-state index in [1.54, 1.807) is 19.2 Å². The predicted molar refractivity (Wildman–Crippen MR) is 50.0 cm³/mol. The summed E-state index contributed by atoms with van der Waals surface area (Å²) in [6.45, 7) is 1.76. The second-order valence-electron chi connectivity index (χ2n) is 2.81. The van der Waals surface area contributed by atoms with Crippen molar-refractivity contribution in [2.24, 2.45) is 4.99 Å². The van der Waals surface area contributed by atoms with Gasteiger partial charge in [-0.25, -0.2) is 4.99 Å². The number of carbonyl (C=O) groups is 1. The second-order valence-corrected chi connectivity index (χ2v) is 2.81. The molecule has 0 radical (unpaired) electrons. The van der Waals surface area contributed by atoms with Crippen molar-refractivity contribution < 1.29 is 4.79 Å². The number of hydrogen-bond acceptors (Lipinski definition) is 2. The number of nitrogens with zero attached hydrogens (tertiary/aromatic N) is 1. The van der Waals surface area contributed by atoms with Gasteiger partial charge in [0.05, 0.1) is 0 Å². The summed E-state index contributed by atoms with van der Waals surface area (Å²) in [7, 11) is 0. The lowest BCUT2D eigenvalue weighted by molar-refractivity contribution is -0.115. The third kappa shape index (κ3) is 1.51. The Morgan fingerprint density at radius 3 is 2.92 bits per heavy atom. The number of nitrogens with one attached hydrogen (secondary N) is 2. The Hall–Kier alpha value is -1.84. The molecule has 1 amide bonds. The van der Waals surface area contributed by atoms with Crippen LogP contribution < -0.4 is 5.32 Å². The second kappa shape index (κ2) is 2.90. The molecule has 0 atom stereocenters. The zero-order valence-corrected chi connectivity index (χ0v) is 7.16. The minimum Gasteiger partial charge on any atom is -0.362 e. The van der Waals surface area contributed by atoms with Crippen LogP contribution in [0.3, 0.4) is 0 Å². The summed E-state index contributed by atoms with van der Waals surface area (Å²) >= 11 is 0. The van der Waals surface area contributed by atoms with E-state index in [1.165, 1.54) is 0 Å². The number of aromatic amines is 1. The number of aliphatic imine (C=N–C) groups is 1. The molecule has 4 heteroatoms. The van der Waals surface area contributed by atoms with Crippen molar-refractivity contribution >= 4 is 17.8 Å². The maximum atomic E-state index is 11.2. The molecule has 0 aliphatic carbocycles. The van der Waals surface area contributed by atoms with Crippen LogP contribution in [0.2, 0.25) is 0 Å². The van der Waals surface area contributed by atoms with Gasteiger partial charge in [-0.2, -0.15) is 0 Å². The molecule has 0 bridgehead atoms. The van der Waals surface area contributed by atoms with E-state index in [9.17, 15) is 4.79 Å². The van der Waals surface area contributed by atoms with Crippen LogP contribution in [0.15, 0.2) is 29.0 Å². The van der Waals surface area contributed by atoms with Gasteiger partial charge in [0, 0.05) is 11.9 Å². The van der Waals surface area contributed by atoms with Gasteiger partial charge in [0.25, 0.3) is 5.91 Å². The maximum absolute atomic E-state index is 11.2. The number of amides is 1. The van der Waals surface area contributed by atoms with Gasteiger partial charge >= 0.3 is 0 Å². The molecule has 1 aromatic heterocycles. The molecule has 0 unspecified atom stereocenters. The lowest BCUT2D eigenvalue weighted by atomic mass is 10.3. The summed E-state index contributed by atoms with van der Waals surface area (Å²) in [5.74, 6) is 0.495. The topological polar surface area (TPSA) is 57.2 Å². The molecule has 1 aromatic rings. The fourth-order valence-electron chi connectivity index (χ4n) is 1.17. The molecule has 1 aliphatic rings. The Bertz CT molecular complexity index is 387. The highest BCUT2D eigenvalue weighted by molar-refractivity contribution is 6.13. The van der Waals surface area contributed by atoms with Gasteiger partial charge < -0.3 is 10.3 Å². The molecule has 4 nitrogen and oxygen atoms in total.